The molecule has 0 rings (SSSR count). The summed E-state index contributed by atoms with van der Waals surface area (Å²) < 4.78 is 59.5. The zero-order valence-corrected chi connectivity index (χ0v) is 9.01. The summed E-state index contributed by atoms with van der Waals surface area (Å²) in [6, 6.07) is 1.90. The predicted octanol–water partition coefficient (Wildman–Crippen LogP) is 2.45. The largest absolute Gasteiger partial charge is 0.534 e. The molecule has 0 aliphatic rings. The fourth-order valence-electron chi connectivity index (χ4n) is 0.701. The molecule has 92 valence electrons. The lowest BCUT2D eigenvalue weighted by molar-refractivity contribution is -0.0515. The number of hydrogen-bond donors (Lipinski definition) is 0. The summed E-state index contributed by atoms with van der Waals surface area (Å²) >= 11 is 0. The number of nitrogens with zero attached hydrogens (tertiary/aromatic N) is 1. The van der Waals surface area contributed by atoms with Crippen LogP contribution in [-0.2, 0) is 14.3 Å². The molecule has 0 bridgehead atoms. The van der Waals surface area contributed by atoms with E-state index in [0.717, 1.165) is 0 Å². The molecule has 0 amide bonds. The molecule has 0 aliphatic heterocycles. The van der Waals surface area contributed by atoms with Crippen LogP contribution in [0.3, 0.4) is 0 Å². The van der Waals surface area contributed by atoms with E-state index in [1.165, 1.54) is 6.08 Å². The molecule has 0 saturated heterocycles. The Kier molecular flexibility index (Phi) is 5.88. The third kappa shape index (κ3) is 5.60. The minimum Gasteiger partial charge on any atom is -0.384 e. The van der Waals surface area contributed by atoms with Crippen molar-refractivity contribution in [2.24, 2.45) is 0 Å². The van der Waals surface area contributed by atoms with Gasteiger partial charge in [-0.05, 0) is 25.3 Å². The van der Waals surface area contributed by atoms with Gasteiger partial charge < -0.3 is 4.18 Å². The van der Waals surface area contributed by atoms with Crippen molar-refractivity contribution in [2.45, 2.75) is 31.2 Å². The van der Waals surface area contributed by atoms with Crippen molar-refractivity contribution in [3.8, 4) is 6.07 Å². The van der Waals surface area contributed by atoms with Gasteiger partial charge in [0.1, 0.15) is 6.26 Å². The first kappa shape index (κ1) is 14.8. The monoisotopic (exact) mass is 257 g/mol. The molecule has 4 nitrogen and oxygen atoms in total. The summed E-state index contributed by atoms with van der Waals surface area (Å²) in [5.41, 5.74) is -5.40. The summed E-state index contributed by atoms with van der Waals surface area (Å²) in [5.74, 6) is 0. The molecule has 0 aliphatic carbocycles. The fourth-order valence-corrected chi connectivity index (χ4v) is 1.04. The van der Waals surface area contributed by atoms with Crippen LogP contribution in [0.4, 0.5) is 13.2 Å². The third-order valence-corrected chi connectivity index (χ3v) is 2.40. The maximum atomic E-state index is 11.7. The first-order valence-corrected chi connectivity index (χ1v) is 5.73. The second kappa shape index (κ2) is 6.37. The van der Waals surface area contributed by atoms with Crippen LogP contribution in [0.15, 0.2) is 12.3 Å². The quantitative estimate of drug-likeness (QED) is 0.317. The molecule has 0 aromatic rings. The van der Waals surface area contributed by atoms with E-state index in [1.54, 1.807) is 0 Å². The number of allylic oxidation sites excluding steroid dienone is 1. The summed E-state index contributed by atoms with van der Waals surface area (Å²) in [5, 5.41) is 8.17. The van der Waals surface area contributed by atoms with Crippen LogP contribution in [0, 0.1) is 11.3 Å². The molecule has 8 heteroatoms. The van der Waals surface area contributed by atoms with Crippen LogP contribution < -0.4 is 0 Å². The lowest BCUT2D eigenvalue weighted by Crippen LogP contribution is -2.23. The third-order valence-electron chi connectivity index (χ3n) is 1.47. The number of halogens is 3. The first-order chi connectivity index (χ1) is 7.31. The van der Waals surface area contributed by atoms with Crippen LogP contribution >= 0.6 is 0 Å². The van der Waals surface area contributed by atoms with Gasteiger partial charge in [-0.3, -0.25) is 0 Å². The maximum absolute atomic E-state index is 11.7. The Bertz CT molecular complexity index is 367. The molecule has 0 fully saturated rings. The number of hydrogen-bond acceptors (Lipinski definition) is 4. The lowest BCUT2D eigenvalue weighted by Gasteiger charge is -2.05. The summed E-state index contributed by atoms with van der Waals surface area (Å²) in [6.45, 7) is 0. The Morgan fingerprint density at radius 3 is 2.44 bits per heavy atom. The van der Waals surface area contributed by atoms with Gasteiger partial charge in [-0.25, -0.2) is 0 Å². The molecule has 0 radical (unpaired) electrons. The van der Waals surface area contributed by atoms with Crippen molar-refractivity contribution in [1.29, 1.82) is 5.26 Å². The van der Waals surface area contributed by atoms with Crippen molar-refractivity contribution in [3.05, 3.63) is 12.3 Å². The van der Waals surface area contributed by atoms with Crippen molar-refractivity contribution in [2.75, 3.05) is 0 Å². The van der Waals surface area contributed by atoms with Gasteiger partial charge in [-0.15, -0.1) is 0 Å². The Labute approximate surface area is 91.4 Å². The van der Waals surface area contributed by atoms with E-state index >= 15 is 0 Å². The maximum Gasteiger partial charge on any atom is 0.534 e. The van der Waals surface area contributed by atoms with Crippen LogP contribution in [0.1, 0.15) is 25.7 Å². The van der Waals surface area contributed by atoms with Crippen molar-refractivity contribution >= 4 is 10.1 Å². The van der Waals surface area contributed by atoms with Crippen LogP contribution in [0.5, 0.6) is 0 Å². The fraction of sp³-hybridized carbons (Fsp3) is 0.625. The molecule has 0 saturated carbocycles. The second-order valence-corrected chi connectivity index (χ2v) is 4.34. The highest BCUT2D eigenvalue weighted by Gasteiger charge is 2.47. The average Bonchev–Trinajstić information content (AvgIpc) is 2.14. The normalized spacial score (nSPS) is 12.6. The van der Waals surface area contributed by atoms with Crippen molar-refractivity contribution in [3.63, 3.8) is 0 Å². The van der Waals surface area contributed by atoms with Crippen molar-refractivity contribution < 1.29 is 25.8 Å². The van der Waals surface area contributed by atoms with E-state index in [0.29, 0.717) is 31.9 Å². The highest BCUT2D eigenvalue weighted by atomic mass is 32.2. The SMILES string of the molecule is N#CCCCCC=COS(=O)(=O)C(F)(F)F. The summed E-state index contributed by atoms with van der Waals surface area (Å²) in [7, 11) is -5.53. The van der Waals surface area contributed by atoms with Gasteiger partial charge in [0.25, 0.3) is 0 Å². The Balaban J connectivity index is 3.90. The molecule has 0 unspecified atom stereocenters. The minimum absolute atomic E-state index is 0.356. The van der Waals surface area contributed by atoms with Gasteiger partial charge in [0.2, 0.25) is 0 Å². The molecule has 16 heavy (non-hydrogen) atoms. The number of alkyl halides is 3. The van der Waals surface area contributed by atoms with Gasteiger partial charge in [0, 0.05) is 6.42 Å². The van der Waals surface area contributed by atoms with E-state index in [2.05, 4.69) is 4.18 Å². The molecule has 0 aromatic carbocycles. The van der Waals surface area contributed by atoms with Gasteiger partial charge in [-0.2, -0.15) is 26.9 Å². The smallest absolute Gasteiger partial charge is 0.384 e. The Hall–Kier alpha value is -1.23. The lowest BCUT2D eigenvalue weighted by atomic mass is 10.2. The molecular formula is C8H10F3NO3S. The van der Waals surface area contributed by atoms with Crippen LogP contribution in [0.25, 0.3) is 0 Å². The standard InChI is InChI=1S/C8H10F3NO3S/c9-8(10,11)16(13,14)15-7-5-3-1-2-4-6-12/h5,7H,1-4H2. The second-order valence-electron chi connectivity index (χ2n) is 2.77. The zero-order valence-electron chi connectivity index (χ0n) is 8.20. The van der Waals surface area contributed by atoms with Gasteiger partial charge in [0.05, 0.1) is 6.07 Å². The molecule has 0 aromatic heterocycles. The predicted molar refractivity (Wildman–Crippen MR) is 49.3 cm³/mol. The van der Waals surface area contributed by atoms with Crippen molar-refractivity contribution in [1.82, 2.24) is 0 Å². The van der Waals surface area contributed by atoms with Crippen LogP contribution in [-0.4, -0.2) is 13.9 Å². The van der Waals surface area contributed by atoms with E-state index in [4.69, 9.17) is 5.26 Å². The van der Waals surface area contributed by atoms with E-state index < -0.39 is 15.6 Å². The molecule has 0 atom stereocenters. The van der Waals surface area contributed by atoms with Crippen LogP contribution in [0.2, 0.25) is 0 Å². The summed E-state index contributed by atoms with van der Waals surface area (Å²) in [4.78, 5) is 0. The molecule has 0 spiro atoms. The number of rotatable bonds is 6. The zero-order chi connectivity index (χ0) is 12.7. The highest BCUT2D eigenvalue weighted by molar-refractivity contribution is 7.87. The van der Waals surface area contributed by atoms with E-state index in [1.807, 2.05) is 6.07 Å². The van der Waals surface area contributed by atoms with E-state index in [9.17, 15) is 21.6 Å². The molecule has 0 N–H and O–H groups in total. The molecular weight excluding hydrogens is 247 g/mol. The topological polar surface area (TPSA) is 67.2 Å². The van der Waals surface area contributed by atoms with Gasteiger partial charge >= 0.3 is 15.6 Å². The first-order valence-electron chi connectivity index (χ1n) is 4.33. The van der Waals surface area contributed by atoms with Gasteiger partial charge in [0.15, 0.2) is 0 Å². The number of nitriles is 1. The highest BCUT2D eigenvalue weighted by Crippen LogP contribution is 2.24. The summed E-state index contributed by atoms with van der Waals surface area (Å²) in [6.07, 6.45) is 3.56. The Morgan fingerprint density at radius 2 is 1.94 bits per heavy atom. The Morgan fingerprint density at radius 1 is 1.31 bits per heavy atom. The average molecular weight is 257 g/mol. The number of unbranched alkanes of at least 4 members (excludes halogenated alkanes) is 3. The minimum atomic E-state index is -5.53. The molecule has 0 heterocycles. The van der Waals surface area contributed by atoms with Gasteiger partial charge in [-0.1, -0.05) is 0 Å². The van der Waals surface area contributed by atoms with E-state index in [-0.39, 0.29) is 0 Å².